The molecule has 1 N–H and O–H groups in total. The number of nitrogens with zero attached hydrogens (tertiary/aromatic N) is 4. The number of likely N-dealkylation sites (tertiary alicyclic amines) is 1. The molecular weight excluding hydrogens is 438 g/mol. The summed E-state index contributed by atoms with van der Waals surface area (Å²) in [6.45, 7) is 9.89. The van der Waals surface area contributed by atoms with Gasteiger partial charge in [0.05, 0.1) is 29.5 Å². The summed E-state index contributed by atoms with van der Waals surface area (Å²) in [5.41, 5.74) is 2.75. The molecule has 0 aliphatic carbocycles. The lowest BCUT2D eigenvalue weighted by Gasteiger charge is -2.26. The Hall–Kier alpha value is -2.35. The van der Waals surface area contributed by atoms with Gasteiger partial charge in [-0.2, -0.15) is 0 Å². The van der Waals surface area contributed by atoms with Crippen LogP contribution < -0.4 is 10.1 Å². The maximum absolute atomic E-state index is 13.3. The molecule has 1 fully saturated rings. The van der Waals surface area contributed by atoms with Crippen molar-refractivity contribution >= 4 is 23.2 Å². The van der Waals surface area contributed by atoms with E-state index in [9.17, 15) is 4.79 Å². The van der Waals surface area contributed by atoms with Gasteiger partial charge < -0.3 is 19.9 Å². The van der Waals surface area contributed by atoms with Crippen LogP contribution in [0.4, 0.5) is 5.69 Å². The first-order valence-electron chi connectivity index (χ1n) is 11.9. The summed E-state index contributed by atoms with van der Waals surface area (Å²) in [5, 5.41) is 3.93. The number of hydrogen-bond acceptors (Lipinski definition) is 6. The number of amides is 1. The van der Waals surface area contributed by atoms with Gasteiger partial charge >= 0.3 is 0 Å². The molecule has 3 heterocycles. The summed E-state index contributed by atoms with van der Waals surface area (Å²) in [7, 11) is 0. The van der Waals surface area contributed by atoms with E-state index in [1.54, 1.807) is 6.20 Å². The number of nitrogens with one attached hydrogen (secondary N) is 1. The lowest BCUT2D eigenvalue weighted by atomic mass is 10.1. The summed E-state index contributed by atoms with van der Waals surface area (Å²) in [5.74, 6) is 0.884. The Morgan fingerprint density at radius 2 is 2.03 bits per heavy atom. The van der Waals surface area contributed by atoms with E-state index in [1.165, 1.54) is 12.8 Å². The standard InChI is InChI=1S/C25H34ClN5O2/c1-2-29-15-16-33-25-20(18-29)7-5-9-22(25)28-17-24(32)31(14-13-30-11-3-4-12-30)19-23-21(26)8-6-10-27-23/h5-10,28H,2-4,11-19H2,1H3. The molecule has 0 spiro atoms. The van der Waals surface area contributed by atoms with Gasteiger partial charge in [0.15, 0.2) is 0 Å². The molecule has 7 nitrogen and oxygen atoms in total. The first-order valence-corrected chi connectivity index (χ1v) is 12.3. The van der Waals surface area contributed by atoms with Crippen molar-refractivity contribution in [3.63, 3.8) is 0 Å². The van der Waals surface area contributed by atoms with Crippen molar-refractivity contribution in [2.45, 2.75) is 32.9 Å². The number of ether oxygens (including phenoxy) is 1. The Kier molecular flexibility index (Phi) is 8.42. The van der Waals surface area contributed by atoms with Crippen LogP contribution in [0.5, 0.6) is 5.75 Å². The van der Waals surface area contributed by atoms with Crippen LogP contribution in [0.3, 0.4) is 0 Å². The van der Waals surface area contributed by atoms with Crippen molar-refractivity contribution in [1.82, 2.24) is 19.7 Å². The number of para-hydroxylation sites is 1. The molecule has 0 unspecified atom stereocenters. The molecule has 0 saturated carbocycles. The minimum atomic E-state index is 0.0253. The molecule has 0 radical (unpaired) electrons. The Morgan fingerprint density at radius 3 is 2.82 bits per heavy atom. The molecule has 8 heteroatoms. The van der Waals surface area contributed by atoms with Gasteiger partial charge in [-0.3, -0.25) is 14.7 Å². The molecular formula is C25H34ClN5O2. The highest BCUT2D eigenvalue weighted by Crippen LogP contribution is 2.31. The third-order valence-corrected chi connectivity index (χ3v) is 6.78. The van der Waals surface area contributed by atoms with Crippen molar-refractivity contribution in [1.29, 1.82) is 0 Å². The summed E-state index contributed by atoms with van der Waals surface area (Å²) in [6, 6.07) is 9.73. The third-order valence-electron chi connectivity index (χ3n) is 6.43. The van der Waals surface area contributed by atoms with E-state index in [0.29, 0.717) is 24.7 Å². The molecule has 2 aromatic rings. The van der Waals surface area contributed by atoms with Crippen molar-refractivity contribution < 1.29 is 9.53 Å². The second-order valence-corrected chi connectivity index (χ2v) is 9.07. The number of pyridine rings is 1. The van der Waals surface area contributed by atoms with Crippen LogP contribution in [0.15, 0.2) is 36.5 Å². The van der Waals surface area contributed by atoms with Crippen LogP contribution in [0.1, 0.15) is 31.0 Å². The number of fused-ring (bicyclic) bond motifs is 1. The van der Waals surface area contributed by atoms with Crippen LogP contribution >= 0.6 is 11.6 Å². The SMILES string of the molecule is CCN1CCOc2c(cccc2NCC(=O)N(CCN2CCCC2)Cc2ncccc2Cl)C1. The average Bonchev–Trinajstić information content (AvgIpc) is 3.26. The van der Waals surface area contributed by atoms with Gasteiger partial charge in [-0.1, -0.05) is 30.7 Å². The molecule has 0 atom stereocenters. The van der Waals surface area contributed by atoms with Gasteiger partial charge in [-0.15, -0.1) is 0 Å². The van der Waals surface area contributed by atoms with Crippen molar-refractivity contribution in [2.75, 3.05) is 57.7 Å². The van der Waals surface area contributed by atoms with E-state index in [1.807, 2.05) is 29.2 Å². The predicted octanol–water partition coefficient (Wildman–Crippen LogP) is 3.49. The zero-order valence-electron chi connectivity index (χ0n) is 19.4. The number of aromatic nitrogens is 1. The fourth-order valence-electron chi connectivity index (χ4n) is 4.44. The lowest BCUT2D eigenvalue weighted by molar-refractivity contribution is -0.130. The van der Waals surface area contributed by atoms with Crippen molar-refractivity contribution in [3.8, 4) is 5.75 Å². The number of likely N-dealkylation sites (N-methyl/N-ethyl adjacent to an activating group) is 1. The number of hydrogen-bond donors (Lipinski definition) is 1. The fraction of sp³-hybridized carbons (Fsp3) is 0.520. The largest absolute Gasteiger partial charge is 0.490 e. The number of anilines is 1. The van der Waals surface area contributed by atoms with E-state index in [-0.39, 0.29) is 12.5 Å². The third kappa shape index (κ3) is 6.37. The molecule has 0 bridgehead atoms. The van der Waals surface area contributed by atoms with Gasteiger partial charge in [0, 0.05) is 37.9 Å². The molecule has 178 valence electrons. The molecule has 4 rings (SSSR count). The number of benzene rings is 1. The topological polar surface area (TPSA) is 60.9 Å². The monoisotopic (exact) mass is 471 g/mol. The Balaban J connectivity index is 1.43. The Morgan fingerprint density at radius 1 is 1.18 bits per heavy atom. The van der Waals surface area contributed by atoms with Gasteiger partial charge in [0.1, 0.15) is 12.4 Å². The molecule has 2 aliphatic heterocycles. The van der Waals surface area contributed by atoms with Crippen molar-refractivity contribution in [3.05, 3.63) is 52.8 Å². The van der Waals surface area contributed by atoms with Crippen LogP contribution in [-0.2, 0) is 17.9 Å². The van der Waals surface area contributed by atoms with Crippen LogP contribution in [0.2, 0.25) is 5.02 Å². The average molecular weight is 472 g/mol. The van der Waals surface area contributed by atoms with Gasteiger partial charge in [0.25, 0.3) is 0 Å². The highest BCUT2D eigenvalue weighted by molar-refractivity contribution is 6.31. The van der Waals surface area contributed by atoms with Crippen molar-refractivity contribution in [2.24, 2.45) is 0 Å². The van der Waals surface area contributed by atoms with E-state index in [4.69, 9.17) is 16.3 Å². The summed E-state index contributed by atoms with van der Waals surface area (Å²) >= 11 is 6.34. The van der Waals surface area contributed by atoms with Gasteiger partial charge in [-0.05, 0) is 50.7 Å². The molecule has 1 saturated heterocycles. The second-order valence-electron chi connectivity index (χ2n) is 8.66. The zero-order valence-corrected chi connectivity index (χ0v) is 20.2. The molecule has 1 aromatic carbocycles. The van der Waals surface area contributed by atoms with Crippen LogP contribution in [0.25, 0.3) is 0 Å². The van der Waals surface area contributed by atoms with Crippen LogP contribution in [-0.4, -0.2) is 78.0 Å². The first kappa shape index (κ1) is 23.8. The van der Waals surface area contributed by atoms with Crippen LogP contribution in [0, 0.1) is 0 Å². The number of rotatable bonds is 9. The maximum Gasteiger partial charge on any atom is 0.242 e. The van der Waals surface area contributed by atoms with Gasteiger partial charge in [-0.25, -0.2) is 0 Å². The fourth-order valence-corrected chi connectivity index (χ4v) is 4.63. The second kappa shape index (κ2) is 11.7. The number of carbonyl (C=O) groups excluding carboxylic acids is 1. The molecule has 1 amide bonds. The van der Waals surface area contributed by atoms with E-state index in [2.05, 4.69) is 33.1 Å². The number of carbonyl (C=O) groups is 1. The summed E-state index contributed by atoms with van der Waals surface area (Å²) in [4.78, 5) is 24.3. The number of halogens is 1. The van der Waals surface area contributed by atoms with Gasteiger partial charge in [0.2, 0.25) is 5.91 Å². The van der Waals surface area contributed by atoms with E-state index >= 15 is 0 Å². The highest BCUT2D eigenvalue weighted by Gasteiger charge is 2.21. The smallest absolute Gasteiger partial charge is 0.242 e. The normalized spacial score (nSPS) is 16.7. The lowest BCUT2D eigenvalue weighted by Crippen LogP contribution is -2.40. The minimum absolute atomic E-state index is 0.0253. The maximum atomic E-state index is 13.3. The predicted molar refractivity (Wildman–Crippen MR) is 132 cm³/mol. The Bertz CT molecular complexity index is 935. The highest BCUT2D eigenvalue weighted by atomic mass is 35.5. The first-order chi connectivity index (χ1) is 16.1. The molecule has 2 aliphatic rings. The quantitative estimate of drug-likeness (QED) is 0.604. The zero-order chi connectivity index (χ0) is 23.0. The Labute approximate surface area is 201 Å². The van der Waals surface area contributed by atoms with E-state index in [0.717, 1.165) is 62.0 Å². The minimum Gasteiger partial charge on any atom is -0.490 e. The molecule has 33 heavy (non-hydrogen) atoms. The summed E-state index contributed by atoms with van der Waals surface area (Å²) < 4.78 is 6.07. The molecule has 1 aromatic heterocycles. The van der Waals surface area contributed by atoms with E-state index < -0.39 is 0 Å². The summed E-state index contributed by atoms with van der Waals surface area (Å²) in [6.07, 6.45) is 4.19.